The van der Waals surface area contributed by atoms with Crippen LogP contribution in [0.2, 0.25) is 0 Å². The van der Waals surface area contributed by atoms with Gasteiger partial charge in [0.2, 0.25) is 0 Å². The van der Waals surface area contributed by atoms with Crippen LogP contribution in [0.15, 0.2) is 54.9 Å². The lowest BCUT2D eigenvalue weighted by Gasteiger charge is -2.22. The van der Waals surface area contributed by atoms with Gasteiger partial charge in [0.1, 0.15) is 18.1 Å². The van der Waals surface area contributed by atoms with Crippen LogP contribution in [-0.4, -0.2) is 33.3 Å². The normalized spacial score (nSPS) is 15.8. The van der Waals surface area contributed by atoms with Crippen LogP contribution in [0, 0.1) is 10.1 Å². The highest BCUT2D eigenvalue weighted by Crippen LogP contribution is 2.32. The zero-order valence-corrected chi connectivity index (χ0v) is 16.5. The van der Waals surface area contributed by atoms with E-state index in [1.165, 1.54) is 40.1 Å². The van der Waals surface area contributed by atoms with Gasteiger partial charge in [-0.05, 0) is 29.8 Å². The van der Waals surface area contributed by atoms with Crippen LogP contribution >= 0.6 is 0 Å². The lowest BCUT2D eigenvalue weighted by Crippen LogP contribution is -2.87. The first kappa shape index (κ1) is 18.4. The number of hydrogen-bond acceptors (Lipinski definition) is 4. The summed E-state index contributed by atoms with van der Waals surface area (Å²) in [5.41, 5.74) is 5.88. The number of nitrogens with one attached hydrogen (secondary N) is 1. The van der Waals surface area contributed by atoms with Gasteiger partial charge >= 0.3 is 5.69 Å². The average Bonchev–Trinajstić information content (AvgIpc) is 3.38. The highest BCUT2D eigenvalue weighted by atomic mass is 16.6. The molecule has 1 atom stereocenters. The standard InChI is InChI=1S/C22H21N5O3/c1-30-20-7-6-14(10-15(20)12-26-13-16(11-24-26)27(28)29)21-22-18(8-9-23-21)17-4-2-3-5-19(17)25-22/h2-7,10-11,13,21,23,25H,8-9,12H2,1H3/p+1/t21-/m0/s1. The van der Waals surface area contributed by atoms with Crippen molar-refractivity contribution < 1.29 is 15.0 Å². The summed E-state index contributed by atoms with van der Waals surface area (Å²) in [6.45, 7) is 1.42. The number of benzene rings is 2. The van der Waals surface area contributed by atoms with Gasteiger partial charge in [0.05, 0.1) is 30.8 Å². The predicted octanol–water partition coefficient (Wildman–Crippen LogP) is 2.54. The molecule has 0 unspecified atom stereocenters. The van der Waals surface area contributed by atoms with Gasteiger partial charge in [-0.2, -0.15) is 5.10 Å². The molecule has 1 aliphatic rings. The summed E-state index contributed by atoms with van der Waals surface area (Å²) in [5.74, 6) is 0.740. The number of aromatic amines is 1. The van der Waals surface area contributed by atoms with Gasteiger partial charge in [-0.1, -0.05) is 18.2 Å². The van der Waals surface area contributed by atoms with Crippen molar-refractivity contribution in [3.63, 3.8) is 0 Å². The fourth-order valence-corrected chi connectivity index (χ4v) is 4.39. The number of rotatable bonds is 5. The molecule has 0 spiro atoms. The predicted molar refractivity (Wildman–Crippen MR) is 112 cm³/mol. The molecule has 0 radical (unpaired) electrons. The molecule has 2 aromatic heterocycles. The summed E-state index contributed by atoms with van der Waals surface area (Å²) < 4.78 is 7.11. The van der Waals surface area contributed by atoms with E-state index in [9.17, 15) is 10.1 Å². The lowest BCUT2D eigenvalue weighted by molar-refractivity contribution is -0.690. The molecule has 0 amide bonds. The maximum Gasteiger partial charge on any atom is 0.307 e. The van der Waals surface area contributed by atoms with Gasteiger partial charge in [-0.25, -0.2) is 0 Å². The Morgan fingerprint density at radius 2 is 2.20 bits per heavy atom. The zero-order valence-electron chi connectivity index (χ0n) is 16.5. The first-order valence-electron chi connectivity index (χ1n) is 9.90. The van der Waals surface area contributed by atoms with Crippen LogP contribution in [0.25, 0.3) is 10.9 Å². The topological polar surface area (TPSA) is 103 Å². The minimum atomic E-state index is -0.439. The van der Waals surface area contributed by atoms with Crippen LogP contribution in [-0.2, 0) is 13.0 Å². The Balaban J connectivity index is 1.53. The van der Waals surface area contributed by atoms with Crippen molar-refractivity contribution in [2.75, 3.05) is 13.7 Å². The largest absolute Gasteiger partial charge is 0.496 e. The maximum atomic E-state index is 11.0. The molecule has 0 fully saturated rings. The monoisotopic (exact) mass is 404 g/mol. The Kier molecular flexibility index (Phi) is 4.48. The molecule has 4 aromatic rings. The number of methoxy groups -OCH3 is 1. The molecule has 5 rings (SSSR count). The molecule has 8 heteroatoms. The molecule has 152 valence electrons. The fourth-order valence-electron chi connectivity index (χ4n) is 4.39. The van der Waals surface area contributed by atoms with Crippen LogP contribution in [0.5, 0.6) is 5.75 Å². The second-order valence-electron chi connectivity index (χ2n) is 7.54. The minimum Gasteiger partial charge on any atom is -0.496 e. The Morgan fingerprint density at radius 1 is 1.33 bits per heavy atom. The van der Waals surface area contributed by atoms with E-state index >= 15 is 0 Å². The van der Waals surface area contributed by atoms with E-state index in [0.29, 0.717) is 6.54 Å². The molecule has 0 saturated heterocycles. The van der Waals surface area contributed by atoms with Crippen molar-refractivity contribution in [1.29, 1.82) is 0 Å². The number of nitrogens with zero attached hydrogens (tertiary/aromatic N) is 3. The number of quaternary nitrogens is 1. The van der Waals surface area contributed by atoms with Gasteiger partial charge < -0.3 is 15.0 Å². The summed E-state index contributed by atoms with van der Waals surface area (Å²) in [6.07, 6.45) is 3.74. The third kappa shape index (κ3) is 3.11. The molecule has 1 aliphatic heterocycles. The summed E-state index contributed by atoms with van der Waals surface area (Å²) in [4.78, 5) is 14.1. The van der Waals surface area contributed by atoms with E-state index in [0.717, 1.165) is 24.3 Å². The summed E-state index contributed by atoms with van der Waals surface area (Å²) in [5, 5.41) is 18.7. The molecule has 0 aliphatic carbocycles. The Bertz CT molecular complexity index is 1240. The number of ether oxygens (including phenoxy) is 1. The fraction of sp³-hybridized carbons (Fsp3) is 0.227. The van der Waals surface area contributed by atoms with Gasteiger partial charge in [0, 0.05) is 28.5 Å². The number of nitro groups is 1. The van der Waals surface area contributed by atoms with Crippen molar-refractivity contribution in [3.8, 4) is 5.75 Å². The number of nitrogens with two attached hydrogens (primary N) is 1. The van der Waals surface area contributed by atoms with Gasteiger partial charge in [0.25, 0.3) is 0 Å². The molecule has 0 saturated carbocycles. The summed E-state index contributed by atoms with van der Waals surface area (Å²) in [7, 11) is 1.63. The number of para-hydroxylation sites is 1. The van der Waals surface area contributed by atoms with Crippen LogP contribution in [0.4, 0.5) is 5.69 Å². The van der Waals surface area contributed by atoms with E-state index in [1.54, 1.807) is 11.8 Å². The molecule has 3 heterocycles. The smallest absolute Gasteiger partial charge is 0.307 e. The van der Waals surface area contributed by atoms with E-state index in [-0.39, 0.29) is 11.7 Å². The van der Waals surface area contributed by atoms with Gasteiger partial charge in [0.15, 0.2) is 6.04 Å². The molecule has 8 nitrogen and oxygen atoms in total. The van der Waals surface area contributed by atoms with Crippen molar-refractivity contribution in [3.05, 3.63) is 87.4 Å². The van der Waals surface area contributed by atoms with Crippen LogP contribution < -0.4 is 10.1 Å². The Morgan fingerprint density at radius 3 is 3.00 bits per heavy atom. The number of hydrogen-bond donors (Lipinski definition) is 2. The highest BCUT2D eigenvalue weighted by Gasteiger charge is 2.29. The third-order valence-corrected chi connectivity index (χ3v) is 5.78. The van der Waals surface area contributed by atoms with Crippen molar-refractivity contribution in [2.24, 2.45) is 0 Å². The molecule has 2 aromatic carbocycles. The molecule has 3 N–H and O–H groups in total. The van der Waals surface area contributed by atoms with E-state index in [2.05, 4.69) is 51.8 Å². The first-order valence-corrected chi connectivity index (χ1v) is 9.90. The number of H-pyrrole nitrogens is 1. The van der Waals surface area contributed by atoms with Gasteiger partial charge in [-0.15, -0.1) is 0 Å². The Hall–Kier alpha value is -3.65. The van der Waals surface area contributed by atoms with E-state index in [1.807, 2.05) is 6.07 Å². The van der Waals surface area contributed by atoms with Crippen LogP contribution in [0.3, 0.4) is 0 Å². The maximum absolute atomic E-state index is 11.0. The van der Waals surface area contributed by atoms with Crippen molar-refractivity contribution in [2.45, 2.75) is 19.0 Å². The van der Waals surface area contributed by atoms with Crippen molar-refractivity contribution in [1.82, 2.24) is 14.8 Å². The van der Waals surface area contributed by atoms with E-state index in [4.69, 9.17) is 4.74 Å². The minimum absolute atomic E-state index is 0.0200. The molecular formula is C22H22N5O3+. The highest BCUT2D eigenvalue weighted by molar-refractivity contribution is 5.85. The van der Waals surface area contributed by atoms with Gasteiger partial charge in [-0.3, -0.25) is 14.8 Å². The number of aromatic nitrogens is 3. The third-order valence-electron chi connectivity index (χ3n) is 5.78. The SMILES string of the molecule is COc1ccc([C@@H]2[NH2+]CCc3c2[nH]c2ccccc32)cc1Cn1cc([N+](=O)[O-])cn1. The second kappa shape index (κ2) is 7.31. The second-order valence-corrected chi connectivity index (χ2v) is 7.54. The average molecular weight is 404 g/mol. The first-order chi connectivity index (χ1) is 14.6. The van der Waals surface area contributed by atoms with Crippen molar-refractivity contribution >= 4 is 16.6 Å². The zero-order chi connectivity index (χ0) is 20.7. The summed E-state index contributed by atoms with van der Waals surface area (Å²) in [6, 6.07) is 14.8. The Labute approximate surface area is 172 Å². The molecular weight excluding hydrogens is 382 g/mol. The molecule has 30 heavy (non-hydrogen) atoms. The lowest BCUT2D eigenvalue weighted by atomic mass is 9.93. The summed E-state index contributed by atoms with van der Waals surface area (Å²) >= 11 is 0. The van der Waals surface area contributed by atoms with E-state index < -0.39 is 4.92 Å². The van der Waals surface area contributed by atoms with Crippen LogP contribution in [0.1, 0.15) is 28.4 Å². The quantitative estimate of drug-likeness (QED) is 0.394. The number of fused-ring (bicyclic) bond motifs is 3. The molecule has 0 bridgehead atoms.